The topological polar surface area (TPSA) is 71.6 Å². The average Bonchev–Trinajstić information content (AvgIpc) is 2.58. The highest BCUT2D eigenvalue weighted by molar-refractivity contribution is 5.98. The number of aliphatic hydroxyl groups is 1. The Bertz CT molecular complexity index is 1000. The van der Waals surface area contributed by atoms with Crippen LogP contribution in [0.4, 0.5) is 0 Å². The Labute approximate surface area is 159 Å². The number of pyridine rings is 1. The van der Waals surface area contributed by atoms with Crippen LogP contribution >= 0.6 is 0 Å². The van der Waals surface area contributed by atoms with Gasteiger partial charge in [-0.15, -0.1) is 0 Å². The molecule has 1 aromatic heterocycles. The minimum atomic E-state index is -0.715. The van der Waals surface area contributed by atoms with Gasteiger partial charge in [-0.25, -0.2) is 0 Å². The lowest BCUT2D eigenvalue weighted by molar-refractivity contribution is 0.0180. The summed E-state index contributed by atoms with van der Waals surface area (Å²) in [7, 11) is 0. The van der Waals surface area contributed by atoms with Gasteiger partial charge in [0.15, 0.2) is 0 Å². The average molecular weight is 369 g/mol. The fraction of sp³-hybridized carbons (Fsp3) is 0.500. The number of aromatic amines is 1. The van der Waals surface area contributed by atoms with Crippen LogP contribution in [0, 0.1) is 5.92 Å². The van der Waals surface area contributed by atoms with Crippen LogP contribution in [0.15, 0.2) is 16.9 Å². The Kier molecular flexibility index (Phi) is 4.11. The highest BCUT2D eigenvalue weighted by atomic mass is 16.5. The van der Waals surface area contributed by atoms with E-state index in [2.05, 4.69) is 11.9 Å². The normalized spacial score (nSPS) is 25.5. The number of H-pyrrole nitrogens is 1. The summed E-state index contributed by atoms with van der Waals surface area (Å²) in [5.74, 6) is 1.26. The summed E-state index contributed by atoms with van der Waals surface area (Å²) >= 11 is 0. The molecular weight excluding hydrogens is 342 g/mol. The van der Waals surface area contributed by atoms with Gasteiger partial charge in [-0.1, -0.05) is 20.3 Å². The SMILES string of the molecule is CCCc1cc(=O)[nH]c2c3c(c4c(c12)OC(C)(C)C=C4)O[C@@H](C)[C@H](C)[C@H]3O. The Balaban J connectivity index is 2.17. The summed E-state index contributed by atoms with van der Waals surface area (Å²) in [4.78, 5) is 15.3. The van der Waals surface area contributed by atoms with Crippen LogP contribution in [0.25, 0.3) is 17.0 Å². The maximum atomic E-state index is 12.4. The quantitative estimate of drug-likeness (QED) is 0.835. The van der Waals surface area contributed by atoms with Crippen LogP contribution in [0.2, 0.25) is 0 Å². The number of fused-ring (bicyclic) bond motifs is 6. The maximum absolute atomic E-state index is 12.4. The number of hydrogen-bond donors (Lipinski definition) is 2. The van der Waals surface area contributed by atoms with Gasteiger partial charge in [-0.05, 0) is 44.9 Å². The molecule has 2 aliphatic heterocycles. The number of aromatic nitrogens is 1. The molecule has 27 heavy (non-hydrogen) atoms. The minimum Gasteiger partial charge on any atom is -0.489 e. The number of benzene rings is 1. The molecule has 0 amide bonds. The Hall–Kier alpha value is -2.27. The Morgan fingerprint density at radius 1 is 1.26 bits per heavy atom. The summed E-state index contributed by atoms with van der Waals surface area (Å²) in [6.45, 7) is 10.0. The molecule has 0 bridgehead atoms. The zero-order valence-corrected chi connectivity index (χ0v) is 16.6. The molecule has 0 radical (unpaired) electrons. The number of ether oxygens (including phenoxy) is 2. The zero-order chi connectivity index (χ0) is 19.5. The second-order valence-corrected chi connectivity index (χ2v) is 8.31. The number of nitrogens with one attached hydrogen (secondary N) is 1. The fourth-order valence-electron chi connectivity index (χ4n) is 4.10. The van der Waals surface area contributed by atoms with Crippen molar-refractivity contribution < 1.29 is 14.6 Å². The van der Waals surface area contributed by atoms with Gasteiger partial charge in [0, 0.05) is 22.9 Å². The first-order valence-corrected chi connectivity index (χ1v) is 9.72. The highest BCUT2D eigenvalue weighted by Gasteiger charge is 2.38. The van der Waals surface area contributed by atoms with Gasteiger partial charge >= 0.3 is 0 Å². The lowest BCUT2D eigenvalue weighted by Gasteiger charge is -2.38. The lowest BCUT2D eigenvalue weighted by atomic mass is 9.84. The van der Waals surface area contributed by atoms with E-state index in [-0.39, 0.29) is 17.6 Å². The number of aliphatic hydroxyl groups excluding tert-OH is 1. The molecule has 4 rings (SSSR count). The summed E-state index contributed by atoms with van der Waals surface area (Å²) in [5.41, 5.74) is 2.46. The standard InChI is InChI=1S/C22H27NO4/c1-6-7-13-10-15(24)23-18-16(13)21-14(8-9-22(4,5)27-21)20-17(18)19(25)11(2)12(3)26-20/h8-12,19,25H,6-7H2,1-5H3,(H,23,24)/t11-,12-,19+/m0/s1. The van der Waals surface area contributed by atoms with E-state index >= 15 is 0 Å². The molecule has 1 aromatic carbocycles. The monoisotopic (exact) mass is 369 g/mol. The van der Waals surface area contributed by atoms with Gasteiger partial charge in [-0.2, -0.15) is 0 Å². The molecule has 3 atom stereocenters. The fourth-order valence-corrected chi connectivity index (χ4v) is 4.10. The molecule has 0 saturated carbocycles. The zero-order valence-electron chi connectivity index (χ0n) is 16.6. The maximum Gasteiger partial charge on any atom is 0.248 e. The van der Waals surface area contributed by atoms with Crippen LogP contribution in [-0.2, 0) is 6.42 Å². The smallest absolute Gasteiger partial charge is 0.248 e. The predicted octanol–water partition coefficient (Wildman–Crippen LogP) is 4.12. The van der Waals surface area contributed by atoms with Gasteiger partial charge in [0.2, 0.25) is 5.56 Å². The third-order valence-electron chi connectivity index (χ3n) is 5.73. The van der Waals surface area contributed by atoms with Crippen LogP contribution < -0.4 is 15.0 Å². The summed E-state index contributed by atoms with van der Waals surface area (Å²) in [6, 6.07) is 1.65. The van der Waals surface area contributed by atoms with Gasteiger partial charge in [0.1, 0.15) is 23.2 Å². The van der Waals surface area contributed by atoms with Crippen molar-refractivity contribution in [1.29, 1.82) is 0 Å². The molecule has 0 fully saturated rings. The summed E-state index contributed by atoms with van der Waals surface area (Å²) in [5, 5.41) is 11.9. The molecule has 5 heteroatoms. The van der Waals surface area contributed by atoms with Crippen LogP contribution in [0.5, 0.6) is 11.5 Å². The molecule has 0 saturated heterocycles. The molecule has 5 nitrogen and oxygen atoms in total. The summed E-state index contributed by atoms with van der Waals surface area (Å²) in [6.07, 6.45) is 4.85. The molecule has 0 spiro atoms. The first-order valence-electron chi connectivity index (χ1n) is 9.72. The van der Waals surface area contributed by atoms with Gasteiger partial charge in [-0.3, -0.25) is 4.79 Å². The van der Waals surface area contributed by atoms with E-state index < -0.39 is 11.7 Å². The van der Waals surface area contributed by atoms with E-state index in [1.54, 1.807) is 6.07 Å². The van der Waals surface area contributed by atoms with Gasteiger partial charge in [0.05, 0.1) is 17.2 Å². The third kappa shape index (κ3) is 2.76. The Morgan fingerprint density at radius 3 is 2.70 bits per heavy atom. The highest BCUT2D eigenvalue weighted by Crippen LogP contribution is 2.51. The van der Waals surface area contributed by atoms with E-state index in [0.29, 0.717) is 16.8 Å². The van der Waals surface area contributed by atoms with Gasteiger partial charge in [0.25, 0.3) is 0 Å². The molecule has 0 unspecified atom stereocenters. The van der Waals surface area contributed by atoms with E-state index in [0.717, 1.165) is 35.1 Å². The lowest BCUT2D eigenvalue weighted by Crippen LogP contribution is -2.34. The molecule has 0 aliphatic carbocycles. The molecular formula is C22H27NO4. The second-order valence-electron chi connectivity index (χ2n) is 8.31. The van der Waals surface area contributed by atoms with Crippen molar-refractivity contribution in [2.45, 2.75) is 65.3 Å². The largest absolute Gasteiger partial charge is 0.489 e. The van der Waals surface area contributed by atoms with Crippen LogP contribution in [0.3, 0.4) is 0 Å². The molecule has 3 heterocycles. The molecule has 2 N–H and O–H groups in total. The third-order valence-corrected chi connectivity index (χ3v) is 5.73. The van der Waals surface area contributed by atoms with Crippen molar-refractivity contribution >= 4 is 17.0 Å². The Morgan fingerprint density at radius 2 is 2.00 bits per heavy atom. The van der Waals surface area contributed by atoms with Crippen molar-refractivity contribution in [3.8, 4) is 11.5 Å². The molecule has 2 aromatic rings. The summed E-state index contributed by atoms with van der Waals surface area (Å²) < 4.78 is 12.6. The van der Waals surface area contributed by atoms with E-state index in [1.165, 1.54) is 0 Å². The molecule has 2 aliphatic rings. The number of hydrogen-bond acceptors (Lipinski definition) is 4. The first kappa shape index (κ1) is 18.1. The van der Waals surface area contributed by atoms with Crippen molar-refractivity contribution in [1.82, 2.24) is 4.98 Å². The van der Waals surface area contributed by atoms with Crippen molar-refractivity contribution in [2.24, 2.45) is 5.92 Å². The van der Waals surface area contributed by atoms with Crippen molar-refractivity contribution in [3.63, 3.8) is 0 Å². The van der Waals surface area contributed by atoms with Crippen molar-refractivity contribution in [2.75, 3.05) is 0 Å². The van der Waals surface area contributed by atoms with Crippen LogP contribution in [0.1, 0.15) is 63.8 Å². The van der Waals surface area contributed by atoms with Crippen molar-refractivity contribution in [3.05, 3.63) is 39.2 Å². The predicted molar refractivity (Wildman–Crippen MR) is 107 cm³/mol. The van der Waals surface area contributed by atoms with Crippen LogP contribution in [-0.4, -0.2) is 21.8 Å². The first-order chi connectivity index (χ1) is 12.7. The number of aryl methyl sites for hydroxylation is 1. The number of rotatable bonds is 2. The van der Waals surface area contributed by atoms with E-state index in [4.69, 9.17) is 9.47 Å². The molecule has 144 valence electrons. The van der Waals surface area contributed by atoms with Gasteiger partial charge < -0.3 is 19.6 Å². The second kappa shape index (κ2) is 6.13. The van der Waals surface area contributed by atoms with E-state index in [9.17, 15) is 9.90 Å². The van der Waals surface area contributed by atoms with E-state index in [1.807, 2.05) is 39.8 Å². The minimum absolute atomic E-state index is 0.0815.